The molecule has 0 radical (unpaired) electrons. The van der Waals surface area contributed by atoms with Gasteiger partial charge in [0.25, 0.3) is 0 Å². The fourth-order valence-corrected chi connectivity index (χ4v) is 2.26. The minimum absolute atomic E-state index is 0.302. The number of hydrogen-bond acceptors (Lipinski definition) is 3. The number of aliphatic hydroxyl groups is 1. The van der Waals surface area contributed by atoms with Crippen LogP contribution < -0.4 is 0 Å². The molecule has 16 heavy (non-hydrogen) atoms. The van der Waals surface area contributed by atoms with Gasteiger partial charge in [-0.15, -0.1) is 0 Å². The quantitative estimate of drug-likeness (QED) is 0.852. The maximum Gasteiger partial charge on any atom is 0.134 e. The van der Waals surface area contributed by atoms with Gasteiger partial charge in [0, 0.05) is 31.0 Å². The molecule has 1 saturated heterocycles. The van der Waals surface area contributed by atoms with Gasteiger partial charge in [-0.2, -0.15) is 0 Å². The first kappa shape index (κ1) is 9.87. The van der Waals surface area contributed by atoms with Crippen molar-refractivity contribution in [2.24, 2.45) is 5.92 Å². The molecule has 0 spiro atoms. The molecular weight excluding hydrogens is 202 g/mol. The third-order valence-electron chi connectivity index (χ3n) is 3.15. The van der Waals surface area contributed by atoms with E-state index in [1.165, 1.54) is 0 Å². The van der Waals surface area contributed by atoms with Gasteiger partial charge in [0.1, 0.15) is 11.3 Å². The second-order valence-electron chi connectivity index (χ2n) is 4.49. The summed E-state index contributed by atoms with van der Waals surface area (Å²) in [6.07, 6.45) is 0. The summed E-state index contributed by atoms with van der Waals surface area (Å²) >= 11 is 0. The van der Waals surface area contributed by atoms with Crippen molar-refractivity contribution in [3.8, 4) is 0 Å². The lowest BCUT2D eigenvalue weighted by Gasteiger charge is -2.37. The van der Waals surface area contributed by atoms with Gasteiger partial charge in [0.15, 0.2) is 0 Å². The summed E-state index contributed by atoms with van der Waals surface area (Å²) in [4.78, 5) is 2.29. The molecular formula is C13H15NO2. The Kier molecular flexibility index (Phi) is 2.42. The summed E-state index contributed by atoms with van der Waals surface area (Å²) in [5.41, 5.74) is 0.955. The summed E-state index contributed by atoms with van der Waals surface area (Å²) < 4.78 is 5.74. The minimum Gasteiger partial charge on any atom is -0.460 e. The second-order valence-corrected chi connectivity index (χ2v) is 4.49. The van der Waals surface area contributed by atoms with Crippen molar-refractivity contribution >= 4 is 11.0 Å². The number of likely N-dealkylation sites (tertiary alicyclic amines) is 1. The zero-order valence-electron chi connectivity index (χ0n) is 9.10. The number of benzene rings is 1. The van der Waals surface area contributed by atoms with Crippen molar-refractivity contribution in [3.63, 3.8) is 0 Å². The topological polar surface area (TPSA) is 36.6 Å². The number of aliphatic hydroxyl groups excluding tert-OH is 1. The van der Waals surface area contributed by atoms with Crippen LogP contribution in [-0.2, 0) is 6.54 Å². The summed E-state index contributed by atoms with van der Waals surface area (Å²) in [6.45, 7) is 3.11. The highest BCUT2D eigenvalue weighted by Gasteiger charge is 2.26. The van der Waals surface area contributed by atoms with Gasteiger partial charge < -0.3 is 9.52 Å². The number of para-hydroxylation sites is 1. The third kappa shape index (κ3) is 1.72. The molecule has 1 aliphatic heterocycles. The monoisotopic (exact) mass is 217 g/mol. The highest BCUT2D eigenvalue weighted by atomic mass is 16.3. The third-order valence-corrected chi connectivity index (χ3v) is 3.15. The molecule has 1 aliphatic rings. The van der Waals surface area contributed by atoms with Crippen LogP contribution in [0.1, 0.15) is 5.76 Å². The Morgan fingerprint density at radius 3 is 2.88 bits per heavy atom. The standard InChI is InChI=1S/C13H15NO2/c15-9-10-6-14(7-10)8-12-5-11-3-1-2-4-13(11)16-12/h1-5,10,15H,6-9H2. The Labute approximate surface area is 94.3 Å². The molecule has 1 fully saturated rings. The fourth-order valence-electron chi connectivity index (χ4n) is 2.26. The van der Waals surface area contributed by atoms with E-state index in [2.05, 4.69) is 17.0 Å². The zero-order valence-corrected chi connectivity index (χ0v) is 9.10. The van der Waals surface area contributed by atoms with Gasteiger partial charge in [-0.25, -0.2) is 0 Å². The molecule has 0 amide bonds. The lowest BCUT2D eigenvalue weighted by atomic mass is 10.0. The minimum atomic E-state index is 0.302. The van der Waals surface area contributed by atoms with Crippen LogP contribution >= 0.6 is 0 Å². The molecule has 0 unspecified atom stereocenters. The van der Waals surface area contributed by atoms with E-state index in [0.717, 1.165) is 36.4 Å². The highest BCUT2D eigenvalue weighted by Crippen LogP contribution is 2.23. The number of fused-ring (bicyclic) bond motifs is 1. The van der Waals surface area contributed by atoms with Crippen LogP contribution in [0.5, 0.6) is 0 Å². The Morgan fingerprint density at radius 2 is 2.12 bits per heavy atom. The van der Waals surface area contributed by atoms with Crippen LogP contribution in [0.3, 0.4) is 0 Å². The molecule has 3 rings (SSSR count). The Hall–Kier alpha value is -1.32. The van der Waals surface area contributed by atoms with Gasteiger partial charge in [-0.1, -0.05) is 18.2 Å². The van der Waals surface area contributed by atoms with Gasteiger partial charge in [0.2, 0.25) is 0 Å². The van der Waals surface area contributed by atoms with E-state index in [1.807, 2.05) is 18.2 Å². The summed E-state index contributed by atoms with van der Waals surface area (Å²) in [7, 11) is 0. The molecule has 1 aromatic carbocycles. The van der Waals surface area contributed by atoms with Crippen LogP contribution in [0.4, 0.5) is 0 Å². The lowest BCUT2D eigenvalue weighted by molar-refractivity contribution is 0.0433. The Balaban J connectivity index is 1.71. The lowest BCUT2D eigenvalue weighted by Crippen LogP contribution is -2.47. The molecule has 2 aromatic rings. The molecule has 1 aromatic heterocycles. The van der Waals surface area contributed by atoms with Crippen molar-refractivity contribution in [2.45, 2.75) is 6.54 Å². The van der Waals surface area contributed by atoms with E-state index in [1.54, 1.807) is 0 Å². The smallest absolute Gasteiger partial charge is 0.134 e. The zero-order chi connectivity index (χ0) is 11.0. The van der Waals surface area contributed by atoms with E-state index < -0.39 is 0 Å². The average Bonchev–Trinajstić information content (AvgIpc) is 2.65. The fraction of sp³-hybridized carbons (Fsp3) is 0.385. The average molecular weight is 217 g/mol. The molecule has 3 nitrogen and oxygen atoms in total. The predicted octanol–water partition coefficient (Wildman–Crippen LogP) is 1.86. The molecule has 1 N–H and O–H groups in total. The van der Waals surface area contributed by atoms with E-state index in [9.17, 15) is 0 Å². The van der Waals surface area contributed by atoms with E-state index >= 15 is 0 Å². The van der Waals surface area contributed by atoms with Crippen LogP contribution in [0.15, 0.2) is 34.7 Å². The van der Waals surface area contributed by atoms with Crippen molar-refractivity contribution < 1.29 is 9.52 Å². The summed E-state index contributed by atoms with van der Waals surface area (Å²) in [5.74, 6) is 1.47. The first-order chi connectivity index (χ1) is 7.85. The first-order valence-electron chi connectivity index (χ1n) is 5.66. The van der Waals surface area contributed by atoms with Gasteiger partial charge in [-0.05, 0) is 12.1 Å². The first-order valence-corrected chi connectivity index (χ1v) is 5.66. The molecule has 0 saturated carbocycles. The number of hydrogen-bond donors (Lipinski definition) is 1. The number of rotatable bonds is 3. The molecule has 0 bridgehead atoms. The molecule has 0 aliphatic carbocycles. The van der Waals surface area contributed by atoms with Crippen molar-refractivity contribution in [1.29, 1.82) is 0 Å². The normalized spacial score (nSPS) is 17.8. The predicted molar refractivity (Wildman–Crippen MR) is 62.1 cm³/mol. The van der Waals surface area contributed by atoms with Crippen LogP contribution in [0.2, 0.25) is 0 Å². The van der Waals surface area contributed by atoms with Gasteiger partial charge >= 0.3 is 0 Å². The molecule has 2 heterocycles. The highest BCUT2D eigenvalue weighted by molar-refractivity contribution is 5.77. The summed E-state index contributed by atoms with van der Waals surface area (Å²) in [5, 5.41) is 10.1. The summed E-state index contributed by atoms with van der Waals surface area (Å²) in [6, 6.07) is 10.2. The Morgan fingerprint density at radius 1 is 1.31 bits per heavy atom. The maximum atomic E-state index is 8.93. The van der Waals surface area contributed by atoms with E-state index in [-0.39, 0.29) is 0 Å². The number of furan rings is 1. The van der Waals surface area contributed by atoms with Crippen molar-refractivity contribution in [3.05, 3.63) is 36.1 Å². The van der Waals surface area contributed by atoms with E-state index in [0.29, 0.717) is 12.5 Å². The molecule has 84 valence electrons. The van der Waals surface area contributed by atoms with Crippen LogP contribution in [-0.4, -0.2) is 29.7 Å². The molecule has 0 atom stereocenters. The SMILES string of the molecule is OCC1CN(Cc2cc3ccccc3o2)C1. The largest absolute Gasteiger partial charge is 0.460 e. The van der Waals surface area contributed by atoms with Gasteiger partial charge in [0.05, 0.1) is 6.54 Å². The Bertz CT molecular complexity index is 452. The molecule has 3 heteroatoms. The van der Waals surface area contributed by atoms with Crippen molar-refractivity contribution in [2.75, 3.05) is 19.7 Å². The van der Waals surface area contributed by atoms with Crippen LogP contribution in [0.25, 0.3) is 11.0 Å². The van der Waals surface area contributed by atoms with Crippen LogP contribution in [0, 0.1) is 5.92 Å². The second kappa shape index (κ2) is 3.92. The van der Waals surface area contributed by atoms with Gasteiger partial charge in [-0.3, -0.25) is 4.90 Å². The van der Waals surface area contributed by atoms with E-state index in [4.69, 9.17) is 9.52 Å². The van der Waals surface area contributed by atoms with Crippen molar-refractivity contribution in [1.82, 2.24) is 4.90 Å². The number of nitrogens with zero attached hydrogens (tertiary/aromatic N) is 1. The maximum absolute atomic E-state index is 8.93.